The number of halogens is 2. The average molecular weight is 411 g/mol. The van der Waals surface area contributed by atoms with Crippen molar-refractivity contribution in [2.45, 2.75) is 17.8 Å². The van der Waals surface area contributed by atoms with Crippen molar-refractivity contribution in [3.8, 4) is 0 Å². The Hall–Kier alpha value is -1.57. The van der Waals surface area contributed by atoms with E-state index in [9.17, 15) is 12.8 Å². The van der Waals surface area contributed by atoms with Crippen LogP contribution in [0.25, 0.3) is 0 Å². The van der Waals surface area contributed by atoms with E-state index in [1.807, 2.05) is 29.2 Å². The molecule has 0 bridgehead atoms. The number of rotatable bonds is 3. The molecular weight excluding hydrogens is 395 g/mol. The number of hydrogen-bond acceptors (Lipinski definition) is 5. The Morgan fingerprint density at radius 3 is 2.65 bits per heavy atom. The molecule has 2 atom stereocenters. The molecule has 1 saturated heterocycles. The molecule has 1 fully saturated rings. The third-order valence-electron chi connectivity index (χ3n) is 4.40. The summed E-state index contributed by atoms with van der Waals surface area (Å²) >= 11 is 7.58. The van der Waals surface area contributed by atoms with Crippen molar-refractivity contribution >= 4 is 44.1 Å². The molecule has 4 rings (SSSR count). The predicted molar refractivity (Wildman–Crippen MR) is 105 cm³/mol. The number of nitrogens with zero attached hydrogens (tertiary/aromatic N) is 2. The second-order valence-electron chi connectivity index (χ2n) is 6.40. The molecule has 136 valence electrons. The summed E-state index contributed by atoms with van der Waals surface area (Å²) in [6.07, 6.45) is 0. The Labute approximate surface area is 161 Å². The quantitative estimate of drug-likeness (QED) is 0.773. The maximum atomic E-state index is 13.3. The van der Waals surface area contributed by atoms with E-state index >= 15 is 0 Å². The van der Waals surface area contributed by atoms with Gasteiger partial charge in [-0.05, 0) is 42.0 Å². The minimum atomic E-state index is -3.00. The molecule has 0 aromatic heterocycles. The van der Waals surface area contributed by atoms with Crippen LogP contribution in [0.15, 0.2) is 53.5 Å². The van der Waals surface area contributed by atoms with E-state index in [2.05, 4.69) is 4.99 Å². The second kappa shape index (κ2) is 6.87. The van der Waals surface area contributed by atoms with Crippen molar-refractivity contribution in [1.82, 2.24) is 0 Å². The molecule has 2 aliphatic rings. The molecule has 2 aliphatic heterocycles. The van der Waals surface area contributed by atoms with Gasteiger partial charge in [-0.3, -0.25) is 4.99 Å². The molecule has 0 N–H and O–H groups in total. The SMILES string of the molecule is O=S1(=O)CC2N=C(N(Cc3cccc(Cl)c3)c3ccc(F)cc3)SC2C1. The highest BCUT2D eigenvalue weighted by molar-refractivity contribution is 8.15. The Bertz CT molecular complexity index is 963. The monoisotopic (exact) mass is 410 g/mol. The summed E-state index contributed by atoms with van der Waals surface area (Å²) in [5.74, 6) is -0.0489. The van der Waals surface area contributed by atoms with E-state index in [0.29, 0.717) is 11.6 Å². The van der Waals surface area contributed by atoms with Gasteiger partial charge < -0.3 is 4.90 Å². The minimum Gasteiger partial charge on any atom is -0.317 e. The van der Waals surface area contributed by atoms with Crippen molar-refractivity contribution in [2.24, 2.45) is 4.99 Å². The molecule has 0 amide bonds. The van der Waals surface area contributed by atoms with Gasteiger partial charge in [0, 0.05) is 16.0 Å². The van der Waals surface area contributed by atoms with Crippen molar-refractivity contribution in [1.29, 1.82) is 0 Å². The zero-order valence-electron chi connectivity index (χ0n) is 13.7. The van der Waals surface area contributed by atoms with E-state index < -0.39 is 9.84 Å². The van der Waals surface area contributed by atoms with E-state index in [1.54, 1.807) is 12.1 Å². The van der Waals surface area contributed by atoms with E-state index in [1.165, 1.54) is 23.9 Å². The maximum absolute atomic E-state index is 13.3. The summed E-state index contributed by atoms with van der Waals surface area (Å²) in [5.41, 5.74) is 1.80. The van der Waals surface area contributed by atoms with Crippen LogP contribution in [-0.4, -0.2) is 36.4 Å². The smallest absolute Gasteiger partial charge is 0.164 e. The van der Waals surface area contributed by atoms with Crippen LogP contribution in [0.5, 0.6) is 0 Å². The molecule has 26 heavy (non-hydrogen) atoms. The molecule has 2 aromatic carbocycles. The fourth-order valence-electron chi connectivity index (χ4n) is 3.18. The summed E-state index contributed by atoms with van der Waals surface area (Å²) in [7, 11) is -3.00. The lowest BCUT2D eigenvalue weighted by Crippen LogP contribution is -2.28. The Balaban J connectivity index is 1.66. The number of hydrogen-bond donors (Lipinski definition) is 0. The zero-order valence-corrected chi connectivity index (χ0v) is 16.1. The van der Waals surface area contributed by atoms with Crippen molar-refractivity contribution in [3.63, 3.8) is 0 Å². The number of fused-ring (bicyclic) bond motifs is 1. The number of thioether (sulfide) groups is 1. The highest BCUT2D eigenvalue weighted by Gasteiger charge is 2.44. The van der Waals surface area contributed by atoms with Crippen LogP contribution in [-0.2, 0) is 16.4 Å². The molecule has 2 aromatic rings. The van der Waals surface area contributed by atoms with Crippen LogP contribution in [0.2, 0.25) is 5.02 Å². The molecule has 0 aliphatic carbocycles. The summed E-state index contributed by atoms with van der Waals surface area (Å²) in [6.45, 7) is 0.518. The van der Waals surface area contributed by atoms with Gasteiger partial charge in [-0.25, -0.2) is 12.8 Å². The van der Waals surface area contributed by atoms with Crippen LogP contribution in [0, 0.1) is 5.82 Å². The van der Waals surface area contributed by atoms with E-state index in [-0.39, 0.29) is 28.6 Å². The number of aliphatic imine (C=N–C) groups is 1. The van der Waals surface area contributed by atoms with Gasteiger partial charge in [-0.15, -0.1) is 0 Å². The molecule has 4 nitrogen and oxygen atoms in total. The van der Waals surface area contributed by atoms with Gasteiger partial charge in [-0.2, -0.15) is 0 Å². The summed E-state index contributed by atoms with van der Waals surface area (Å²) in [5, 5.41) is 1.37. The van der Waals surface area contributed by atoms with Gasteiger partial charge in [0.1, 0.15) is 5.82 Å². The highest BCUT2D eigenvalue weighted by Crippen LogP contribution is 2.37. The fourth-order valence-corrected chi connectivity index (χ4v) is 7.17. The van der Waals surface area contributed by atoms with Crippen LogP contribution in [0.1, 0.15) is 5.56 Å². The van der Waals surface area contributed by atoms with Gasteiger partial charge in [0.15, 0.2) is 15.0 Å². The summed E-state index contributed by atoms with van der Waals surface area (Å²) in [6, 6.07) is 13.6. The first-order valence-electron chi connectivity index (χ1n) is 8.12. The molecule has 0 saturated carbocycles. The standard InChI is InChI=1S/C18H16ClFN2O2S2/c19-13-3-1-2-12(8-13)9-22(15-6-4-14(20)5-7-15)18-21-16-10-26(23,24)11-17(16)25-18/h1-8,16-17H,9-11H2. The van der Waals surface area contributed by atoms with Gasteiger partial charge in [0.2, 0.25) is 0 Å². The fraction of sp³-hybridized carbons (Fsp3) is 0.278. The van der Waals surface area contributed by atoms with Crippen molar-refractivity contribution < 1.29 is 12.8 Å². The molecule has 0 radical (unpaired) electrons. The number of amidine groups is 1. The largest absolute Gasteiger partial charge is 0.317 e. The van der Waals surface area contributed by atoms with Crippen molar-refractivity contribution in [2.75, 3.05) is 16.4 Å². The Morgan fingerprint density at radius 2 is 1.96 bits per heavy atom. The zero-order chi connectivity index (χ0) is 18.3. The molecule has 8 heteroatoms. The highest BCUT2D eigenvalue weighted by atomic mass is 35.5. The minimum absolute atomic E-state index is 0.0442. The van der Waals surface area contributed by atoms with Gasteiger partial charge >= 0.3 is 0 Å². The lowest BCUT2D eigenvalue weighted by Gasteiger charge is -2.25. The van der Waals surface area contributed by atoms with Gasteiger partial charge in [0.25, 0.3) is 0 Å². The Morgan fingerprint density at radius 1 is 1.19 bits per heavy atom. The molecule has 2 heterocycles. The first-order valence-corrected chi connectivity index (χ1v) is 11.2. The number of sulfone groups is 1. The average Bonchev–Trinajstić information content (AvgIpc) is 3.07. The third kappa shape index (κ3) is 3.75. The lowest BCUT2D eigenvalue weighted by molar-refractivity contribution is 0.601. The second-order valence-corrected chi connectivity index (χ2v) is 10.2. The Kier molecular flexibility index (Phi) is 4.71. The molecular formula is C18H16ClFN2O2S2. The lowest BCUT2D eigenvalue weighted by atomic mass is 10.2. The van der Waals surface area contributed by atoms with Crippen LogP contribution in [0.4, 0.5) is 10.1 Å². The first kappa shape index (κ1) is 17.8. The van der Waals surface area contributed by atoms with E-state index in [0.717, 1.165) is 16.4 Å². The normalized spacial score (nSPS) is 23.5. The topological polar surface area (TPSA) is 49.7 Å². The maximum Gasteiger partial charge on any atom is 0.164 e. The summed E-state index contributed by atoms with van der Waals surface area (Å²) in [4.78, 5) is 6.65. The third-order valence-corrected chi connectivity index (χ3v) is 7.89. The van der Waals surface area contributed by atoms with Gasteiger partial charge in [0.05, 0.1) is 24.1 Å². The van der Waals surface area contributed by atoms with Gasteiger partial charge in [-0.1, -0.05) is 35.5 Å². The first-order chi connectivity index (χ1) is 12.4. The predicted octanol–water partition coefficient (Wildman–Crippen LogP) is 3.75. The van der Waals surface area contributed by atoms with E-state index in [4.69, 9.17) is 11.6 Å². The molecule has 0 spiro atoms. The van der Waals surface area contributed by atoms with Crippen LogP contribution < -0.4 is 4.90 Å². The number of anilines is 1. The van der Waals surface area contributed by atoms with Crippen molar-refractivity contribution in [3.05, 3.63) is 64.9 Å². The molecule has 2 unspecified atom stereocenters. The summed E-state index contributed by atoms with van der Waals surface area (Å²) < 4.78 is 37.0. The van der Waals surface area contributed by atoms with Crippen LogP contribution >= 0.6 is 23.4 Å². The number of benzene rings is 2. The van der Waals surface area contributed by atoms with Crippen LogP contribution in [0.3, 0.4) is 0 Å².